The van der Waals surface area contributed by atoms with E-state index in [1.165, 1.54) is 4.88 Å². The van der Waals surface area contributed by atoms with Gasteiger partial charge in [0.2, 0.25) is 0 Å². The van der Waals surface area contributed by atoms with E-state index < -0.39 is 6.10 Å². The van der Waals surface area contributed by atoms with Gasteiger partial charge in [0.25, 0.3) is 5.91 Å². The number of nitriles is 1. The monoisotopic (exact) mass is 410 g/mol. The van der Waals surface area contributed by atoms with Crippen LogP contribution in [0.15, 0.2) is 30.3 Å². The molecule has 154 valence electrons. The Morgan fingerprint density at radius 3 is 2.69 bits per heavy atom. The Morgan fingerprint density at radius 1 is 1.34 bits per heavy atom. The second-order valence-corrected chi connectivity index (χ2v) is 9.52. The molecule has 2 atom stereocenters. The zero-order valence-electron chi connectivity index (χ0n) is 17.7. The van der Waals surface area contributed by atoms with Crippen LogP contribution in [0.25, 0.3) is 0 Å². The Kier molecular flexibility index (Phi) is 6.64. The van der Waals surface area contributed by atoms with E-state index >= 15 is 0 Å². The molecule has 0 saturated heterocycles. The maximum Gasteiger partial charge on any atom is 0.266 e. The first-order valence-electron chi connectivity index (χ1n) is 10.5. The van der Waals surface area contributed by atoms with E-state index in [0.29, 0.717) is 28.7 Å². The number of carbonyl (C=O) groups is 1. The number of hydrogen-bond donors (Lipinski definition) is 1. The van der Waals surface area contributed by atoms with Gasteiger partial charge in [-0.3, -0.25) is 4.79 Å². The molecule has 1 heterocycles. The van der Waals surface area contributed by atoms with Crippen molar-refractivity contribution in [1.29, 1.82) is 5.26 Å². The highest BCUT2D eigenvalue weighted by Gasteiger charge is 2.34. The number of nitrogens with one attached hydrogen (secondary N) is 1. The van der Waals surface area contributed by atoms with Crippen molar-refractivity contribution in [1.82, 2.24) is 0 Å². The first kappa shape index (κ1) is 21.4. The highest BCUT2D eigenvalue weighted by Crippen LogP contribution is 2.45. The number of para-hydroxylation sites is 1. The number of nitrogens with zero attached hydrogens (tertiary/aromatic N) is 1. The number of ether oxygens (including phenoxy) is 1. The maximum absolute atomic E-state index is 12.9. The average molecular weight is 411 g/mol. The Hall–Kier alpha value is -2.32. The third kappa shape index (κ3) is 4.64. The van der Waals surface area contributed by atoms with Crippen molar-refractivity contribution in [3.8, 4) is 11.8 Å². The number of fused-ring (bicyclic) bond motifs is 1. The van der Waals surface area contributed by atoms with Crippen LogP contribution in [0.4, 0.5) is 5.00 Å². The van der Waals surface area contributed by atoms with Crippen molar-refractivity contribution in [3.05, 3.63) is 46.3 Å². The standard InChI is InChI=1S/C24H30N2O2S/c1-5-20(28-17-10-8-7-9-11-17)22(27)26-23-19(15-25)18-13-12-16(14-21(18)29-23)24(3,4)6-2/h7-11,16,20H,5-6,12-14H2,1-4H3,(H,26,27). The minimum atomic E-state index is -0.588. The number of carbonyl (C=O) groups excluding carboxylic acids is 1. The van der Waals surface area contributed by atoms with Crippen molar-refractivity contribution in [2.24, 2.45) is 11.3 Å². The van der Waals surface area contributed by atoms with Gasteiger partial charge in [-0.1, -0.05) is 52.3 Å². The van der Waals surface area contributed by atoms with Gasteiger partial charge in [-0.05, 0) is 54.7 Å². The lowest BCUT2D eigenvalue weighted by Gasteiger charge is -2.36. The Labute approximate surface area is 177 Å². The molecule has 29 heavy (non-hydrogen) atoms. The van der Waals surface area contributed by atoms with Crippen molar-refractivity contribution >= 4 is 22.2 Å². The van der Waals surface area contributed by atoms with Crippen LogP contribution in [0.1, 0.15) is 63.0 Å². The summed E-state index contributed by atoms with van der Waals surface area (Å²) in [6.07, 6.45) is 4.11. The first-order valence-corrected chi connectivity index (χ1v) is 11.3. The lowest BCUT2D eigenvalue weighted by Crippen LogP contribution is -2.32. The molecular formula is C24H30N2O2S. The summed E-state index contributed by atoms with van der Waals surface area (Å²) in [5.74, 6) is 1.08. The largest absolute Gasteiger partial charge is 0.481 e. The van der Waals surface area contributed by atoms with Crippen molar-refractivity contribution < 1.29 is 9.53 Å². The second kappa shape index (κ2) is 9.00. The fraction of sp³-hybridized carbons (Fsp3) is 0.500. The zero-order chi connectivity index (χ0) is 21.0. The summed E-state index contributed by atoms with van der Waals surface area (Å²) in [4.78, 5) is 14.1. The molecule has 5 heteroatoms. The highest BCUT2D eigenvalue weighted by atomic mass is 32.1. The molecule has 1 aromatic heterocycles. The molecular weight excluding hydrogens is 380 g/mol. The lowest BCUT2D eigenvalue weighted by molar-refractivity contribution is -0.122. The fourth-order valence-electron chi connectivity index (χ4n) is 3.93. The molecule has 1 N–H and O–H groups in total. The van der Waals surface area contributed by atoms with E-state index in [0.717, 1.165) is 31.2 Å². The summed E-state index contributed by atoms with van der Waals surface area (Å²) in [7, 11) is 0. The van der Waals surface area contributed by atoms with Gasteiger partial charge >= 0.3 is 0 Å². The molecule has 2 aromatic rings. The van der Waals surface area contributed by atoms with Crippen LogP contribution in [0, 0.1) is 22.7 Å². The van der Waals surface area contributed by atoms with Gasteiger partial charge in [0.15, 0.2) is 6.10 Å². The number of anilines is 1. The number of hydrogen-bond acceptors (Lipinski definition) is 4. The third-order valence-electron chi connectivity index (χ3n) is 6.31. The second-order valence-electron chi connectivity index (χ2n) is 8.42. The summed E-state index contributed by atoms with van der Waals surface area (Å²) in [5.41, 5.74) is 2.06. The van der Waals surface area contributed by atoms with Gasteiger partial charge in [-0.2, -0.15) is 5.26 Å². The molecule has 0 radical (unpaired) electrons. The van der Waals surface area contributed by atoms with E-state index in [1.807, 2.05) is 37.3 Å². The van der Waals surface area contributed by atoms with Crippen LogP contribution in [-0.2, 0) is 17.6 Å². The van der Waals surface area contributed by atoms with Gasteiger partial charge in [-0.15, -0.1) is 11.3 Å². The molecule has 0 aliphatic heterocycles. The van der Waals surface area contributed by atoms with Crippen LogP contribution in [0.3, 0.4) is 0 Å². The predicted molar refractivity (Wildman–Crippen MR) is 118 cm³/mol. The molecule has 1 amide bonds. The van der Waals surface area contributed by atoms with Crippen LogP contribution in [0.2, 0.25) is 0 Å². The summed E-state index contributed by atoms with van der Waals surface area (Å²) >= 11 is 1.57. The number of thiophene rings is 1. The Balaban J connectivity index is 1.78. The zero-order valence-corrected chi connectivity index (χ0v) is 18.6. The first-order chi connectivity index (χ1) is 13.9. The van der Waals surface area contributed by atoms with Gasteiger partial charge in [-0.25, -0.2) is 0 Å². The molecule has 0 saturated carbocycles. The predicted octanol–water partition coefficient (Wildman–Crippen LogP) is 5.96. The van der Waals surface area contributed by atoms with Gasteiger partial charge < -0.3 is 10.1 Å². The van der Waals surface area contributed by atoms with E-state index in [1.54, 1.807) is 11.3 Å². The van der Waals surface area contributed by atoms with Crippen molar-refractivity contribution in [2.75, 3.05) is 5.32 Å². The fourth-order valence-corrected chi connectivity index (χ4v) is 5.21. The Bertz CT molecular complexity index is 896. The molecule has 1 aromatic carbocycles. The van der Waals surface area contributed by atoms with E-state index in [9.17, 15) is 10.1 Å². The highest BCUT2D eigenvalue weighted by molar-refractivity contribution is 7.16. The molecule has 2 unspecified atom stereocenters. The van der Waals surface area contributed by atoms with Crippen LogP contribution < -0.4 is 10.1 Å². The van der Waals surface area contributed by atoms with Crippen molar-refractivity contribution in [2.45, 2.75) is 65.9 Å². The smallest absolute Gasteiger partial charge is 0.266 e. The average Bonchev–Trinajstić information content (AvgIpc) is 3.08. The molecule has 4 nitrogen and oxygen atoms in total. The summed E-state index contributed by atoms with van der Waals surface area (Å²) in [6.45, 7) is 8.83. The minimum Gasteiger partial charge on any atom is -0.481 e. The normalized spacial score (nSPS) is 17.1. The summed E-state index contributed by atoms with van der Waals surface area (Å²) in [5, 5.41) is 13.4. The van der Waals surface area contributed by atoms with E-state index in [-0.39, 0.29) is 11.3 Å². The summed E-state index contributed by atoms with van der Waals surface area (Å²) < 4.78 is 5.86. The van der Waals surface area contributed by atoms with Crippen molar-refractivity contribution in [3.63, 3.8) is 0 Å². The molecule has 0 fully saturated rings. The van der Waals surface area contributed by atoms with Gasteiger partial charge in [0.1, 0.15) is 16.8 Å². The van der Waals surface area contributed by atoms with Gasteiger partial charge in [0, 0.05) is 4.88 Å². The maximum atomic E-state index is 12.9. The topological polar surface area (TPSA) is 62.1 Å². The molecule has 3 rings (SSSR count). The molecule has 0 bridgehead atoms. The SMILES string of the molecule is CCC(Oc1ccccc1)C(=O)Nc1sc2c(c1C#N)CCC(C(C)(C)CC)C2. The van der Waals surface area contributed by atoms with E-state index in [2.05, 4.69) is 32.2 Å². The van der Waals surface area contributed by atoms with E-state index in [4.69, 9.17) is 4.74 Å². The molecule has 1 aliphatic rings. The number of benzene rings is 1. The number of rotatable bonds is 7. The van der Waals surface area contributed by atoms with Crippen LogP contribution in [-0.4, -0.2) is 12.0 Å². The third-order valence-corrected chi connectivity index (χ3v) is 7.48. The lowest BCUT2D eigenvalue weighted by atomic mass is 9.69. The van der Waals surface area contributed by atoms with Gasteiger partial charge in [0.05, 0.1) is 5.56 Å². The number of amides is 1. The Morgan fingerprint density at radius 2 is 2.07 bits per heavy atom. The summed E-state index contributed by atoms with van der Waals surface area (Å²) in [6, 6.07) is 11.7. The van der Waals surface area contributed by atoms with Crippen LogP contribution >= 0.6 is 11.3 Å². The van der Waals surface area contributed by atoms with Crippen LogP contribution in [0.5, 0.6) is 5.75 Å². The molecule has 0 spiro atoms. The molecule has 1 aliphatic carbocycles. The quantitative estimate of drug-likeness (QED) is 0.613. The minimum absolute atomic E-state index is 0.197.